The van der Waals surface area contributed by atoms with Gasteiger partial charge in [-0.1, -0.05) is 0 Å². The van der Waals surface area contributed by atoms with Gasteiger partial charge in [-0.15, -0.1) is 0 Å². The molecule has 0 aliphatic carbocycles. The molecule has 0 fully saturated rings. The highest BCUT2D eigenvalue weighted by molar-refractivity contribution is 7.98. The van der Waals surface area contributed by atoms with E-state index in [1.165, 1.54) is 0 Å². The summed E-state index contributed by atoms with van der Waals surface area (Å²) in [6.07, 6.45) is 4.31. The van der Waals surface area contributed by atoms with Crippen LogP contribution in [0.4, 0.5) is 17.3 Å². The first-order valence-corrected chi connectivity index (χ1v) is 6.05. The fourth-order valence-corrected chi connectivity index (χ4v) is 1.25. The maximum atomic E-state index is 9.75. The summed E-state index contributed by atoms with van der Waals surface area (Å²) in [5, 5.41) is 2.11. The predicted molar refractivity (Wildman–Crippen MR) is 58.2 cm³/mol. The van der Waals surface area contributed by atoms with Gasteiger partial charge in [-0.2, -0.15) is 0 Å². The second-order valence-corrected chi connectivity index (χ2v) is 4.92. The summed E-state index contributed by atoms with van der Waals surface area (Å²) in [7, 11) is -0.0529. The Bertz CT molecular complexity index is 190. The van der Waals surface area contributed by atoms with Gasteiger partial charge < -0.3 is 26.9 Å². The van der Waals surface area contributed by atoms with Crippen molar-refractivity contribution in [3.63, 3.8) is 0 Å². The van der Waals surface area contributed by atoms with Gasteiger partial charge >= 0.3 is 7.25 Å². The molecule has 0 saturated carbocycles. The lowest BCUT2D eigenvalue weighted by Crippen LogP contribution is -2.13. The van der Waals surface area contributed by atoms with Crippen molar-refractivity contribution in [2.45, 2.75) is 0 Å². The van der Waals surface area contributed by atoms with Crippen molar-refractivity contribution in [1.82, 2.24) is 4.90 Å². The average molecular weight is 249 g/mol. The number of ether oxygens (including phenoxy) is 1. The highest BCUT2D eigenvalue weighted by atomic mass is 32.2. The molecule has 0 spiro atoms. The van der Waals surface area contributed by atoms with Crippen LogP contribution in [0.3, 0.4) is 0 Å². The predicted octanol–water partition coefficient (Wildman–Crippen LogP) is 2.17. The monoisotopic (exact) mass is 249 g/mol. The molecule has 8 heteroatoms. The molecule has 0 aliphatic heterocycles. The van der Waals surface area contributed by atoms with Gasteiger partial charge in [0.05, 0.1) is 7.11 Å². The number of nitrogens with zero attached hydrogens (tertiary/aromatic N) is 1. The minimum Gasteiger partial charge on any atom is -0.479 e. The summed E-state index contributed by atoms with van der Waals surface area (Å²) in [5.74, 6) is 0.938. The molecule has 0 heterocycles. The molecule has 0 aliphatic rings. The number of methoxy groups -OCH3 is 1. The molecular weight excluding hydrogens is 233 g/mol. The Morgan fingerprint density at radius 3 is 1.60 bits per heavy atom. The van der Waals surface area contributed by atoms with Crippen LogP contribution >= 0.6 is 0 Å². The lowest BCUT2D eigenvalue weighted by molar-refractivity contribution is 0.195. The van der Waals surface area contributed by atoms with Crippen LogP contribution in [0.15, 0.2) is 11.3 Å². The molecule has 0 bridgehead atoms. The standard InChI is InChI=1S/C7H16NOS.BF4/c1-8(2)7(9-3)6-10(4)5;2-1(3,4)5/h6H,1-5H3;/q+1;-1/b7-6-;. The molecule has 0 aromatic rings. The summed E-state index contributed by atoms with van der Waals surface area (Å²) in [5.41, 5.74) is 0. The summed E-state index contributed by atoms with van der Waals surface area (Å²) >= 11 is 0. The van der Waals surface area contributed by atoms with Crippen LogP contribution in [0.2, 0.25) is 0 Å². The van der Waals surface area contributed by atoms with Gasteiger partial charge in [0.2, 0.25) is 5.88 Å². The van der Waals surface area contributed by atoms with E-state index in [0.717, 1.165) is 5.88 Å². The number of hydrogen-bond donors (Lipinski definition) is 0. The van der Waals surface area contributed by atoms with Crippen LogP contribution in [0.25, 0.3) is 0 Å². The summed E-state index contributed by atoms with van der Waals surface area (Å²) in [6, 6.07) is 0. The molecule has 0 aromatic heterocycles. The topological polar surface area (TPSA) is 12.5 Å². The molecule has 0 amide bonds. The summed E-state index contributed by atoms with van der Waals surface area (Å²) < 4.78 is 44.1. The highest BCUT2D eigenvalue weighted by Gasteiger charge is 2.20. The van der Waals surface area contributed by atoms with E-state index in [1.54, 1.807) is 7.11 Å². The third-order valence-corrected chi connectivity index (χ3v) is 1.66. The van der Waals surface area contributed by atoms with Gasteiger partial charge in [-0.05, 0) is 0 Å². The zero-order valence-electron chi connectivity index (χ0n) is 9.43. The van der Waals surface area contributed by atoms with Gasteiger partial charge in [0.25, 0.3) is 0 Å². The quantitative estimate of drug-likeness (QED) is 0.329. The molecule has 0 rings (SSSR count). The minimum atomic E-state index is -6.00. The number of rotatable bonds is 3. The Balaban J connectivity index is 0. The van der Waals surface area contributed by atoms with Crippen LogP contribution in [0.1, 0.15) is 0 Å². The first kappa shape index (κ1) is 16.9. The molecule has 0 N–H and O–H groups in total. The van der Waals surface area contributed by atoms with E-state index in [-0.39, 0.29) is 0 Å². The van der Waals surface area contributed by atoms with Crippen molar-refractivity contribution in [3.8, 4) is 0 Å². The molecule has 0 aromatic carbocycles. The average Bonchev–Trinajstić information content (AvgIpc) is 1.95. The molecular formula is C7H16BF4NOS. The van der Waals surface area contributed by atoms with Crippen LogP contribution in [-0.2, 0) is 15.6 Å². The van der Waals surface area contributed by atoms with Crippen LogP contribution < -0.4 is 0 Å². The van der Waals surface area contributed by atoms with Crippen molar-refractivity contribution < 1.29 is 22.0 Å². The molecule has 2 nitrogen and oxygen atoms in total. The third-order valence-electron chi connectivity index (χ3n) is 0.986. The zero-order valence-corrected chi connectivity index (χ0v) is 10.2. The van der Waals surface area contributed by atoms with Crippen molar-refractivity contribution in [2.24, 2.45) is 0 Å². The van der Waals surface area contributed by atoms with Crippen molar-refractivity contribution in [2.75, 3.05) is 33.7 Å². The van der Waals surface area contributed by atoms with E-state index in [9.17, 15) is 17.3 Å². The zero-order chi connectivity index (χ0) is 12.6. The van der Waals surface area contributed by atoms with Gasteiger partial charge in [0.1, 0.15) is 12.5 Å². The largest absolute Gasteiger partial charge is 0.673 e. The van der Waals surface area contributed by atoms with Gasteiger partial charge in [0.15, 0.2) is 5.41 Å². The van der Waals surface area contributed by atoms with Crippen molar-refractivity contribution in [1.29, 1.82) is 0 Å². The molecule has 0 unspecified atom stereocenters. The Morgan fingerprint density at radius 2 is 1.53 bits per heavy atom. The first-order chi connectivity index (χ1) is 6.57. The van der Waals surface area contributed by atoms with Gasteiger partial charge in [-0.25, -0.2) is 0 Å². The lowest BCUT2D eigenvalue weighted by atomic mass is 10.3. The first-order valence-electron chi connectivity index (χ1n) is 3.94. The molecule has 0 radical (unpaired) electrons. The number of hydrogen-bond acceptors (Lipinski definition) is 2. The van der Waals surface area contributed by atoms with Crippen LogP contribution in [-0.4, -0.2) is 45.9 Å². The molecule has 0 saturated heterocycles. The van der Waals surface area contributed by atoms with E-state index in [0.29, 0.717) is 10.9 Å². The smallest absolute Gasteiger partial charge is 0.479 e. The van der Waals surface area contributed by atoms with Crippen LogP contribution in [0.5, 0.6) is 0 Å². The second-order valence-electron chi connectivity index (χ2n) is 2.93. The van der Waals surface area contributed by atoms with Gasteiger partial charge in [-0.3, -0.25) is 0 Å². The van der Waals surface area contributed by atoms with Crippen LogP contribution in [0, 0.1) is 0 Å². The molecule has 15 heavy (non-hydrogen) atoms. The van der Waals surface area contributed by atoms with E-state index in [4.69, 9.17) is 4.74 Å². The highest BCUT2D eigenvalue weighted by Crippen LogP contribution is 2.06. The Hall–Kier alpha value is -0.525. The minimum absolute atomic E-state index is 0.305. The van der Waals surface area contributed by atoms with E-state index in [2.05, 4.69) is 17.9 Å². The molecule has 0 atom stereocenters. The van der Waals surface area contributed by atoms with Crippen molar-refractivity contribution >= 4 is 18.1 Å². The lowest BCUT2D eigenvalue weighted by Gasteiger charge is -2.12. The van der Waals surface area contributed by atoms with Gasteiger partial charge in [0, 0.05) is 25.0 Å². The summed E-state index contributed by atoms with van der Waals surface area (Å²) in [4.78, 5) is 1.97. The van der Waals surface area contributed by atoms with Crippen molar-refractivity contribution in [3.05, 3.63) is 11.3 Å². The van der Waals surface area contributed by atoms with E-state index in [1.807, 2.05) is 19.0 Å². The normalized spacial score (nSPS) is 12.0. The Kier molecular flexibility index (Phi) is 8.70. The fourth-order valence-electron chi connectivity index (χ4n) is 0.538. The Morgan fingerprint density at radius 1 is 1.20 bits per heavy atom. The maximum Gasteiger partial charge on any atom is 0.673 e. The number of halogens is 4. The fraction of sp³-hybridized carbons (Fsp3) is 0.714. The maximum absolute atomic E-state index is 9.75. The Labute approximate surface area is 90.7 Å². The summed E-state index contributed by atoms with van der Waals surface area (Å²) in [6.45, 7) is 0. The van der Waals surface area contributed by atoms with E-state index < -0.39 is 7.25 Å². The SMILES string of the molecule is CO/C(=C\[S+](C)C)N(C)C.F[B-](F)(F)F. The van der Waals surface area contributed by atoms with E-state index >= 15 is 0 Å². The third kappa shape index (κ3) is 19.8. The second kappa shape index (κ2) is 7.73. The molecule has 92 valence electrons.